The Morgan fingerprint density at radius 3 is 2.85 bits per heavy atom. The van der Waals surface area contributed by atoms with E-state index in [9.17, 15) is 19.6 Å². The standard InChI is InChI=1S/C23H29N6O8PS/c1-12(13-7-5-4-6-8-13)36-20(31)14-10-39-38(33,28-14)35-9-15-17(30)23(2,32)21(37-15)29-11-25-16-18(29)26-22(24)27-19(16)34-3/h4-8,11-12,14-15,17,21,30,32H,9-10H2,1-3H3,(H,28,33)(H2,24,26,27)/t12-,14-,15-,17-,21-,23-,38?/m1/s1. The monoisotopic (exact) mass is 580 g/mol. The molecule has 0 saturated carbocycles. The van der Waals surface area contributed by atoms with Crippen molar-refractivity contribution in [1.82, 2.24) is 24.6 Å². The quantitative estimate of drug-likeness (QED) is 0.221. The first-order valence-corrected chi connectivity index (χ1v) is 15.3. The molecule has 2 aliphatic rings. The minimum Gasteiger partial charge on any atom is -0.479 e. The lowest BCUT2D eigenvalue weighted by atomic mass is 9.96. The van der Waals surface area contributed by atoms with Gasteiger partial charge in [-0.3, -0.25) is 13.9 Å². The van der Waals surface area contributed by atoms with Crippen molar-refractivity contribution >= 4 is 41.2 Å². The Hall–Kier alpha value is -2.78. The second-order valence-corrected chi connectivity index (χ2v) is 13.7. The van der Waals surface area contributed by atoms with Gasteiger partial charge in [0.05, 0.1) is 20.0 Å². The third kappa shape index (κ3) is 5.35. The number of nitrogen functional groups attached to an aromatic ring is 1. The third-order valence-electron chi connectivity index (χ3n) is 6.59. The molecule has 16 heteroatoms. The number of carbonyl (C=O) groups is 1. The maximum Gasteiger partial charge on any atom is 0.327 e. The second kappa shape index (κ2) is 10.7. The molecule has 210 valence electrons. The van der Waals surface area contributed by atoms with Crippen LogP contribution in [-0.4, -0.2) is 79.0 Å². The molecule has 0 amide bonds. The Morgan fingerprint density at radius 1 is 1.38 bits per heavy atom. The molecular weight excluding hydrogens is 551 g/mol. The van der Waals surface area contributed by atoms with Gasteiger partial charge in [0.1, 0.15) is 30.0 Å². The summed E-state index contributed by atoms with van der Waals surface area (Å²) < 4.78 is 37.0. The summed E-state index contributed by atoms with van der Waals surface area (Å²) in [6, 6.07) is 8.43. The number of carbonyl (C=O) groups excluding carboxylic acids is 1. The second-order valence-electron chi connectivity index (χ2n) is 9.37. The minimum atomic E-state index is -3.53. The minimum absolute atomic E-state index is 0.0761. The highest BCUT2D eigenvalue weighted by Gasteiger charge is 2.54. The molecule has 0 spiro atoms. The van der Waals surface area contributed by atoms with Crippen LogP contribution in [0.5, 0.6) is 5.88 Å². The molecule has 2 saturated heterocycles. The van der Waals surface area contributed by atoms with Crippen molar-refractivity contribution < 1.29 is 38.3 Å². The zero-order valence-electron chi connectivity index (χ0n) is 21.3. The van der Waals surface area contributed by atoms with Gasteiger partial charge in [0.25, 0.3) is 0 Å². The smallest absolute Gasteiger partial charge is 0.327 e. The van der Waals surface area contributed by atoms with Gasteiger partial charge < -0.3 is 34.7 Å². The lowest BCUT2D eigenvalue weighted by Crippen LogP contribution is -2.44. The number of esters is 1. The SMILES string of the molecule is COc1nc(N)nc2c1ncn2[C@@H]1O[C@H](COP2(=O)N[C@@H](C(=O)O[C@H](C)c3ccccc3)CS2)[C@@H](O)[C@@]1(C)O. The van der Waals surface area contributed by atoms with Crippen molar-refractivity contribution in [3.63, 3.8) is 0 Å². The van der Waals surface area contributed by atoms with E-state index in [1.165, 1.54) is 24.9 Å². The van der Waals surface area contributed by atoms with Crippen molar-refractivity contribution in [3.8, 4) is 5.88 Å². The van der Waals surface area contributed by atoms with Crippen LogP contribution in [0.3, 0.4) is 0 Å². The number of rotatable bonds is 8. The molecule has 0 aliphatic carbocycles. The summed E-state index contributed by atoms with van der Waals surface area (Å²) in [6.07, 6.45) is -2.75. The van der Waals surface area contributed by atoms with Gasteiger partial charge in [0.2, 0.25) is 11.8 Å². The average molecular weight is 581 g/mol. The van der Waals surface area contributed by atoms with Crippen LogP contribution in [0, 0.1) is 0 Å². The molecular formula is C23H29N6O8PS. The summed E-state index contributed by atoms with van der Waals surface area (Å²) in [4.78, 5) is 25.0. The number of aliphatic hydroxyl groups is 2. The number of anilines is 1. The summed E-state index contributed by atoms with van der Waals surface area (Å²) in [5.41, 5.74) is 5.33. The topological polar surface area (TPSA) is 193 Å². The summed E-state index contributed by atoms with van der Waals surface area (Å²) >= 11 is 0.956. The Kier molecular flexibility index (Phi) is 7.59. The number of fused-ring (bicyclic) bond motifs is 1. The van der Waals surface area contributed by atoms with Crippen LogP contribution in [0.2, 0.25) is 0 Å². The van der Waals surface area contributed by atoms with Gasteiger partial charge in [0.15, 0.2) is 17.4 Å². The fourth-order valence-electron chi connectivity index (χ4n) is 4.45. The van der Waals surface area contributed by atoms with E-state index in [0.717, 1.165) is 16.9 Å². The Bertz CT molecular complexity index is 1410. The zero-order valence-corrected chi connectivity index (χ0v) is 23.0. The van der Waals surface area contributed by atoms with E-state index >= 15 is 0 Å². The van der Waals surface area contributed by atoms with Crippen molar-refractivity contribution in [3.05, 3.63) is 42.2 Å². The molecule has 2 aromatic heterocycles. The first-order valence-electron chi connectivity index (χ1n) is 12.0. The van der Waals surface area contributed by atoms with E-state index in [1.54, 1.807) is 6.92 Å². The highest BCUT2D eigenvalue weighted by Crippen LogP contribution is 2.61. The van der Waals surface area contributed by atoms with E-state index < -0.39 is 48.9 Å². The van der Waals surface area contributed by atoms with Gasteiger partial charge >= 0.3 is 12.7 Å². The lowest BCUT2D eigenvalue weighted by molar-refractivity contribution is -0.150. The maximum atomic E-state index is 13.3. The number of nitrogens with two attached hydrogens (primary N) is 1. The van der Waals surface area contributed by atoms with Gasteiger partial charge in [-0.05, 0) is 19.4 Å². The summed E-state index contributed by atoms with van der Waals surface area (Å²) in [7, 11) is 1.41. The number of benzene rings is 1. The van der Waals surface area contributed by atoms with Crippen molar-refractivity contribution in [2.75, 3.05) is 25.2 Å². The number of nitrogens with one attached hydrogen (secondary N) is 1. The number of ether oxygens (including phenoxy) is 3. The fraction of sp³-hybridized carbons (Fsp3) is 0.478. The number of imidazole rings is 1. The predicted molar refractivity (Wildman–Crippen MR) is 141 cm³/mol. The molecule has 5 rings (SSSR count). The number of hydrogen-bond acceptors (Lipinski definition) is 13. The van der Waals surface area contributed by atoms with Crippen LogP contribution in [0.25, 0.3) is 11.2 Å². The number of hydrogen-bond donors (Lipinski definition) is 4. The van der Waals surface area contributed by atoms with Crippen LogP contribution in [0.4, 0.5) is 5.95 Å². The van der Waals surface area contributed by atoms with Crippen molar-refractivity contribution in [1.29, 1.82) is 0 Å². The first-order chi connectivity index (χ1) is 18.5. The van der Waals surface area contributed by atoms with Gasteiger partial charge in [-0.15, -0.1) is 0 Å². The maximum absolute atomic E-state index is 13.3. The molecule has 14 nitrogen and oxygen atoms in total. The Balaban J connectivity index is 1.23. The third-order valence-corrected chi connectivity index (χ3v) is 10.6. The number of aliphatic hydroxyl groups excluding tert-OH is 1. The molecule has 4 heterocycles. The largest absolute Gasteiger partial charge is 0.479 e. The highest BCUT2D eigenvalue weighted by molar-refractivity contribution is 8.56. The molecule has 1 aromatic carbocycles. The van der Waals surface area contributed by atoms with E-state index in [4.69, 9.17) is 24.5 Å². The first kappa shape index (κ1) is 27.8. The van der Waals surface area contributed by atoms with Gasteiger partial charge in [-0.25, -0.2) is 10.1 Å². The van der Waals surface area contributed by atoms with Crippen LogP contribution < -0.4 is 15.6 Å². The van der Waals surface area contributed by atoms with Crippen LogP contribution in [-0.2, 0) is 23.4 Å². The van der Waals surface area contributed by atoms with Crippen LogP contribution >= 0.6 is 18.1 Å². The molecule has 5 N–H and O–H groups in total. The van der Waals surface area contributed by atoms with Crippen molar-refractivity contribution in [2.45, 2.75) is 50.0 Å². The number of aromatic nitrogens is 4. The summed E-state index contributed by atoms with van der Waals surface area (Å²) in [6.45, 7) is -0.719. The molecule has 2 fully saturated rings. The summed E-state index contributed by atoms with van der Waals surface area (Å²) in [5.74, 6) is -0.310. The molecule has 39 heavy (non-hydrogen) atoms. The molecule has 7 atom stereocenters. The number of nitrogens with zero attached hydrogens (tertiary/aromatic N) is 4. The van der Waals surface area contributed by atoms with Gasteiger partial charge in [-0.1, -0.05) is 41.7 Å². The lowest BCUT2D eigenvalue weighted by Gasteiger charge is -2.27. The van der Waals surface area contributed by atoms with E-state index in [0.29, 0.717) is 0 Å². The predicted octanol–water partition coefficient (Wildman–Crippen LogP) is 1.56. The highest BCUT2D eigenvalue weighted by atomic mass is 32.7. The molecule has 0 bridgehead atoms. The van der Waals surface area contributed by atoms with E-state index in [1.807, 2.05) is 30.3 Å². The van der Waals surface area contributed by atoms with Crippen LogP contribution in [0.15, 0.2) is 36.7 Å². The van der Waals surface area contributed by atoms with Crippen molar-refractivity contribution in [2.24, 2.45) is 0 Å². The molecule has 3 aromatic rings. The number of methoxy groups -OCH3 is 1. The van der Waals surface area contributed by atoms with E-state index in [-0.39, 0.29) is 35.4 Å². The summed E-state index contributed by atoms with van der Waals surface area (Å²) in [5, 5.41) is 24.7. The van der Waals surface area contributed by atoms with Gasteiger partial charge in [-0.2, -0.15) is 9.97 Å². The molecule has 1 unspecified atom stereocenters. The zero-order chi connectivity index (χ0) is 27.9. The van der Waals surface area contributed by atoms with E-state index in [2.05, 4.69) is 20.0 Å². The molecule has 0 radical (unpaired) electrons. The Labute approximate surface area is 227 Å². The molecule has 2 aliphatic heterocycles. The normalized spacial score (nSPS) is 31.4. The van der Waals surface area contributed by atoms with Gasteiger partial charge in [0, 0.05) is 5.75 Å². The average Bonchev–Trinajstić information content (AvgIpc) is 3.57. The van der Waals surface area contributed by atoms with Crippen LogP contribution in [0.1, 0.15) is 31.7 Å². The Morgan fingerprint density at radius 2 is 2.13 bits per heavy atom. The fourth-order valence-corrected chi connectivity index (χ4v) is 8.33.